The smallest absolute Gasteiger partial charge is 0.264 e. The van der Waals surface area contributed by atoms with Crippen LogP contribution in [0.1, 0.15) is 10.4 Å². The highest BCUT2D eigenvalue weighted by molar-refractivity contribution is 7.92. The summed E-state index contributed by atoms with van der Waals surface area (Å²) >= 11 is 0. The molecular weight excluding hydrogens is 421 g/mol. The maximum absolute atomic E-state index is 14.0. The summed E-state index contributed by atoms with van der Waals surface area (Å²) in [5, 5.41) is 2.59. The van der Waals surface area contributed by atoms with Crippen molar-refractivity contribution in [2.75, 3.05) is 17.1 Å². The average Bonchev–Trinajstić information content (AvgIpc) is 2.72. The SMILES string of the molecule is COc1ccccc1NC(=O)c1ccccc1NS(=O)(=O)c1ccc(F)c(F)c1F. The van der Waals surface area contributed by atoms with Crippen LogP contribution in [-0.2, 0) is 10.0 Å². The van der Waals surface area contributed by atoms with Crippen LogP contribution in [0, 0.1) is 17.5 Å². The fourth-order valence-electron chi connectivity index (χ4n) is 2.62. The Morgan fingerprint density at radius 2 is 1.50 bits per heavy atom. The second kappa shape index (κ2) is 8.46. The number of nitrogens with one attached hydrogen (secondary N) is 2. The Hall–Kier alpha value is -3.53. The molecule has 30 heavy (non-hydrogen) atoms. The zero-order chi connectivity index (χ0) is 21.9. The number of carbonyl (C=O) groups is 1. The lowest BCUT2D eigenvalue weighted by Crippen LogP contribution is -2.20. The number of sulfonamides is 1. The molecule has 0 aliphatic heterocycles. The van der Waals surface area contributed by atoms with Crippen LogP contribution in [0.15, 0.2) is 65.6 Å². The summed E-state index contributed by atoms with van der Waals surface area (Å²) in [5.74, 6) is -5.60. The quantitative estimate of drug-likeness (QED) is 0.568. The van der Waals surface area contributed by atoms with Gasteiger partial charge in [-0.3, -0.25) is 9.52 Å². The van der Waals surface area contributed by atoms with Gasteiger partial charge in [0.1, 0.15) is 10.6 Å². The number of carbonyl (C=O) groups excluding carboxylic acids is 1. The van der Waals surface area contributed by atoms with Crippen molar-refractivity contribution in [3.63, 3.8) is 0 Å². The van der Waals surface area contributed by atoms with E-state index in [1.54, 1.807) is 24.3 Å². The van der Waals surface area contributed by atoms with Crippen molar-refractivity contribution in [2.45, 2.75) is 4.90 Å². The third-order valence-corrected chi connectivity index (χ3v) is 5.44. The normalized spacial score (nSPS) is 11.1. The Kier molecular flexibility index (Phi) is 5.97. The molecule has 3 aromatic rings. The fraction of sp³-hybridized carbons (Fsp3) is 0.0500. The molecule has 0 fully saturated rings. The number of methoxy groups -OCH3 is 1. The molecule has 0 bridgehead atoms. The van der Waals surface area contributed by atoms with E-state index in [4.69, 9.17) is 4.74 Å². The zero-order valence-electron chi connectivity index (χ0n) is 15.4. The van der Waals surface area contributed by atoms with E-state index >= 15 is 0 Å². The van der Waals surface area contributed by atoms with E-state index in [2.05, 4.69) is 5.32 Å². The predicted octanol–water partition coefficient (Wildman–Crippen LogP) is 4.17. The van der Waals surface area contributed by atoms with E-state index < -0.39 is 38.3 Å². The number of hydrogen-bond acceptors (Lipinski definition) is 4. The number of amides is 1. The molecule has 0 saturated carbocycles. The summed E-state index contributed by atoms with van der Waals surface area (Å²) < 4.78 is 72.8. The highest BCUT2D eigenvalue weighted by atomic mass is 32.2. The van der Waals surface area contributed by atoms with Crippen molar-refractivity contribution >= 4 is 27.3 Å². The van der Waals surface area contributed by atoms with Gasteiger partial charge in [0, 0.05) is 0 Å². The summed E-state index contributed by atoms with van der Waals surface area (Å²) in [7, 11) is -3.24. The van der Waals surface area contributed by atoms with E-state index in [9.17, 15) is 26.4 Å². The van der Waals surface area contributed by atoms with E-state index in [-0.39, 0.29) is 11.3 Å². The van der Waals surface area contributed by atoms with Crippen LogP contribution in [0.3, 0.4) is 0 Å². The third kappa shape index (κ3) is 4.23. The van der Waals surface area contributed by atoms with Crippen LogP contribution in [0.5, 0.6) is 5.75 Å². The molecule has 0 radical (unpaired) electrons. The second-order valence-corrected chi connectivity index (χ2v) is 7.63. The van der Waals surface area contributed by atoms with Gasteiger partial charge in [0.25, 0.3) is 15.9 Å². The minimum absolute atomic E-state index is 0.0880. The van der Waals surface area contributed by atoms with Crippen LogP contribution in [0.4, 0.5) is 24.5 Å². The van der Waals surface area contributed by atoms with E-state index in [0.717, 1.165) is 0 Å². The molecular formula is C20H15F3N2O4S. The maximum atomic E-state index is 14.0. The Morgan fingerprint density at radius 3 is 2.20 bits per heavy atom. The molecule has 6 nitrogen and oxygen atoms in total. The first-order valence-corrected chi connectivity index (χ1v) is 9.92. The molecule has 0 heterocycles. The Morgan fingerprint density at radius 1 is 0.867 bits per heavy atom. The molecule has 0 atom stereocenters. The molecule has 0 aromatic heterocycles. The Labute approximate surface area is 170 Å². The molecule has 0 spiro atoms. The van der Waals surface area contributed by atoms with Gasteiger partial charge in [-0.2, -0.15) is 0 Å². The fourth-order valence-corrected chi connectivity index (χ4v) is 3.77. The van der Waals surface area contributed by atoms with Gasteiger partial charge >= 0.3 is 0 Å². The van der Waals surface area contributed by atoms with E-state index in [1.165, 1.54) is 31.4 Å². The van der Waals surface area contributed by atoms with Gasteiger partial charge in [-0.05, 0) is 36.4 Å². The van der Waals surface area contributed by atoms with Gasteiger partial charge < -0.3 is 10.1 Å². The highest BCUT2D eigenvalue weighted by Gasteiger charge is 2.25. The van der Waals surface area contributed by atoms with E-state index in [0.29, 0.717) is 23.6 Å². The van der Waals surface area contributed by atoms with Crippen molar-refractivity contribution < 1.29 is 31.1 Å². The number of rotatable bonds is 6. The Balaban J connectivity index is 1.94. The van der Waals surface area contributed by atoms with Crippen LogP contribution in [-0.4, -0.2) is 21.4 Å². The van der Waals surface area contributed by atoms with E-state index in [1.807, 2.05) is 4.72 Å². The first kappa shape index (κ1) is 21.2. The summed E-state index contributed by atoms with van der Waals surface area (Å²) in [6.45, 7) is 0. The number of anilines is 2. The summed E-state index contributed by atoms with van der Waals surface area (Å²) in [5.41, 5.74) is 0.0679. The molecule has 2 N–H and O–H groups in total. The standard InChI is InChI=1S/C20H15F3N2O4S/c1-29-16-9-5-4-8-15(16)24-20(26)12-6-2-3-7-14(12)25-30(27,28)17-11-10-13(21)18(22)19(17)23/h2-11,25H,1H3,(H,24,26). The first-order valence-electron chi connectivity index (χ1n) is 8.44. The average molecular weight is 436 g/mol. The lowest BCUT2D eigenvalue weighted by Gasteiger charge is -2.14. The second-order valence-electron chi connectivity index (χ2n) is 5.98. The molecule has 0 aliphatic rings. The number of halogens is 3. The van der Waals surface area contributed by atoms with Gasteiger partial charge in [-0.15, -0.1) is 0 Å². The van der Waals surface area contributed by atoms with Crippen LogP contribution in [0.25, 0.3) is 0 Å². The maximum Gasteiger partial charge on any atom is 0.264 e. The number of para-hydroxylation sites is 3. The Bertz CT molecular complexity index is 1220. The molecule has 3 aromatic carbocycles. The predicted molar refractivity (Wildman–Crippen MR) is 105 cm³/mol. The van der Waals surface area contributed by atoms with Crippen LogP contribution < -0.4 is 14.8 Å². The number of benzene rings is 3. The van der Waals surface area contributed by atoms with Gasteiger partial charge in [0.15, 0.2) is 17.5 Å². The van der Waals surface area contributed by atoms with Crippen molar-refractivity contribution in [2.24, 2.45) is 0 Å². The van der Waals surface area contributed by atoms with Gasteiger partial charge in [-0.1, -0.05) is 24.3 Å². The molecule has 3 rings (SSSR count). The molecule has 0 aliphatic carbocycles. The van der Waals surface area contributed by atoms with Crippen LogP contribution in [0.2, 0.25) is 0 Å². The monoisotopic (exact) mass is 436 g/mol. The lowest BCUT2D eigenvalue weighted by atomic mass is 10.1. The zero-order valence-corrected chi connectivity index (χ0v) is 16.3. The van der Waals surface area contributed by atoms with Crippen molar-refractivity contribution in [3.8, 4) is 5.75 Å². The van der Waals surface area contributed by atoms with Crippen molar-refractivity contribution in [1.82, 2.24) is 0 Å². The summed E-state index contributed by atoms with van der Waals surface area (Å²) in [6.07, 6.45) is 0. The van der Waals surface area contributed by atoms with Crippen molar-refractivity contribution in [1.29, 1.82) is 0 Å². The minimum atomic E-state index is -4.66. The minimum Gasteiger partial charge on any atom is -0.495 e. The molecule has 0 unspecified atom stereocenters. The molecule has 1 amide bonds. The van der Waals surface area contributed by atoms with Gasteiger partial charge in [0.2, 0.25) is 0 Å². The molecule has 0 saturated heterocycles. The first-order chi connectivity index (χ1) is 14.2. The molecule has 10 heteroatoms. The number of hydrogen-bond donors (Lipinski definition) is 2. The summed E-state index contributed by atoms with van der Waals surface area (Å²) in [4.78, 5) is 11.6. The largest absolute Gasteiger partial charge is 0.495 e. The van der Waals surface area contributed by atoms with Crippen molar-refractivity contribution in [3.05, 3.63) is 83.7 Å². The third-order valence-electron chi connectivity index (χ3n) is 4.06. The number of ether oxygens (including phenoxy) is 1. The van der Waals surface area contributed by atoms with Gasteiger partial charge in [-0.25, -0.2) is 21.6 Å². The molecule has 156 valence electrons. The highest BCUT2D eigenvalue weighted by Crippen LogP contribution is 2.27. The topological polar surface area (TPSA) is 84.5 Å². The summed E-state index contributed by atoms with van der Waals surface area (Å²) in [6, 6.07) is 13.2. The van der Waals surface area contributed by atoms with Gasteiger partial charge in [0.05, 0.1) is 24.0 Å². The lowest BCUT2D eigenvalue weighted by molar-refractivity contribution is 0.102. The van der Waals surface area contributed by atoms with Crippen LogP contribution >= 0.6 is 0 Å².